The van der Waals surface area contributed by atoms with Crippen LogP contribution in [0, 0.1) is 6.92 Å². The molecule has 0 spiro atoms. The van der Waals surface area contributed by atoms with Crippen LogP contribution < -0.4 is 4.74 Å². The first kappa shape index (κ1) is 15.9. The van der Waals surface area contributed by atoms with Gasteiger partial charge in [-0.1, -0.05) is 72.3 Å². The Morgan fingerprint density at radius 3 is 2.54 bits per heavy atom. The molecule has 1 aliphatic carbocycles. The normalized spacial score (nSPS) is 13.4. The maximum Gasteiger partial charge on any atom is 0.130 e. The highest BCUT2D eigenvalue weighted by Gasteiger charge is 2.08. The van der Waals surface area contributed by atoms with Gasteiger partial charge in [-0.25, -0.2) is 0 Å². The van der Waals surface area contributed by atoms with Gasteiger partial charge in [-0.3, -0.25) is 0 Å². The van der Waals surface area contributed by atoms with Crippen LogP contribution in [-0.4, -0.2) is 5.11 Å². The van der Waals surface area contributed by atoms with Gasteiger partial charge in [0.2, 0.25) is 0 Å². The zero-order chi connectivity index (χ0) is 16.8. The van der Waals surface area contributed by atoms with Crippen LogP contribution in [-0.2, 0) is 6.61 Å². The van der Waals surface area contributed by atoms with Crippen molar-refractivity contribution < 1.29 is 9.84 Å². The molecule has 0 heterocycles. The average Bonchev–Trinajstić information content (AvgIpc) is 3.13. The van der Waals surface area contributed by atoms with Crippen LogP contribution in [0.1, 0.15) is 16.7 Å². The number of hydrogen-bond acceptors (Lipinski definition) is 2. The lowest BCUT2D eigenvalue weighted by molar-refractivity contribution is 0.303. The summed E-state index contributed by atoms with van der Waals surface area (Å²) in [5.74, 6) is 0.872. The second-order valence-corrected chi connectivity index (χ2v) is 5.71. The van der Waals surface area contributed by atoms with Crippen LogP contribution in [0.25, 0.3) is 5.76 Å². The van der Waals surface area contributed by atoms with Gasteiger partial charge in [0.05, 0.1) is 5.56 Å². The molecule has 1 N–H and O–H groups in total. The molecule has 0 amide bonds. The Morgan fingerprint density at radius 2 is 1.79 bits per heavy atom. The molecule has 1 aliphatic rings. The molecule has 0 atom stereocenters. The second-order valence-electron chi connectivity index (χ2n) is 5.71. The smallest absolute Gasteiger partial charge is 0.130 e. The molecule has 2 nitrogen and oxygen atoms in total. The topological polar surface area (TPSA) is 29.5 Å². The maximum absolute atomic E-state index is 10.5. The van der Waals surface area contributed by atoms with Crippen LogP contribution in [0.3, 0.4) is 0 Å². The summed E-state index contributed by atoms with van der Waals surface area (Å²) in [4.78, 5) is 0. The zero-order valence-electron chi connectivity index (χ0n) is 13.6. The van der Waals surface area contributed by atoms with E-state index >= 15 is 0 Å². The first-order valence-electron chi connectivity index (χ1n) is 7.96. The highest BCUT2D eigenvalue weighted by atomic mass is 16.5. The Balaban J connectivity index is 1.82. The summed E-state index contributed by atoms with van der Waals surface area (Å²) in [6.45, 7) is 2.47. The quantitative estimate of drug-likeness (QED) is 0.735. The number of hydrogen-bond donors (Lipinski definition) is 1. The number of benzene rings is 2. The van der Waals surface area contributed by atoms with E-state index in [1.165, 1.54) is 0 Å². The second kappa shape index (κ2) is 7.51. The Morgan fingerprint density at radius 1 is 1.04 bits per heavy atom. The van der Waals surface area contributed by atoms with E-state index in [1.807, 2.05) is 85.8 Å². The summed E-state index contributed by atoms with van der Waals surface area (Å²) in [6, 6.07) is 15.8. The van der Waals surface area contributed by atoms with Crippen molar-refractivity contribution in [3.8, 4) is 5.75 Å². The maximum atomic E-state index is 10.5. The predicted octanol–water partition coefficient (Wildman–Crippen LogP) is 5.53. The number of rotatable bonds is 5. The van der Waals surface area contributed by atoms with E-state index in [0.717, 1.165) is 16.7 Å². The molecule has 3 rings (SSSR count). The van der Waals surface area contributed by atoms with Crippen molar-refractivity contribution in [3.63, 3.8) is 0 Å². The summed E-state index contributed by atoms with van der Waals surface area (Å²) in [7, 11) is 0. The first-order chi connectivity index (χ1) is 11.7. The highest BCUT2D eigenvalue weighted by molar-refractivity contribution is 5.67. The molecule has 0 saturated heterocycles. The number of aryl methyl sites for hydroxylation is 1. The lowest BCUT2D eigenvalue weighted by Gasteiger charge is -2.12. The summed E-state index contributed by atoms with van der Waals surface area (Å²) in [5, 5.41) is 10.5. The molecule has 2 aromatic rings. The molecule has 2 heteroatoms. The van der Waals surface area contributed by atoms with Crippen LogP contribution >= 0.6 is 0 Å². The molecule has 0 radical (unpaired) electrons. The van der Waals surface area contributed by atoms with E-state index in [1.54, 1.807) is 6.08 Å². The Kier molecular flexibility index (Phi) is 4.97. The van der Waals surface area contributed by atoms with Gasteiger partial charge in [0.1, 0.15) is 18.1 Å². The standard InChI is InChI=1S/C22H20O2/c1-17-11-14-22(24-16-19-9-3-2-4-10-19)20(15-17)21(23)13-12-18-7-5-6-8-18/h2-15,23H,16H2,1H3/b21-13-. The monoisotopic (exact) mass is 316 g/mol. The Bertz CT molecular complexity index is 810. The van der Waals surface area contributed by atoms with E-state index in [2.05, 4.69) is 0 Å². The minimum absolute atomic E-state index is 0.197. The van der Waals surface area contributed by atoms with Gasteiger partial charge in [-0.05, 0) is 36.3 Å². The van der Waals surface area contributed by atoms with Gasteiger partial charge in [-0.2, -0.15) is 0 Å². The summed E-state index contributed by atoms with van der Waals surface area (Å²) in [5.41, 5.74) is 3.93. The largest absolute Gasteiger partial charge is 0.507 e. The fraction of sp³-hybridized carbons (Fsp3) is 0.0909. The number of ether oxygens (including phenoxy) is 1. The van der Waals surface area contributed by atoms with E-state index in [4.69, 9.17) is 4.74 Å². The fourth-order valence-corrected chi connectivity index (χ4v) is 2.47. The molecule has 24 heavy (non-hydrogen) atoms. The van der Waals surface area contributed by atoms with E-state index in [9.17, 15) is 5.11 Å². The molecule has 0 fully saturated rings. The molecule has 0 bridgehead atoms. The molecule has 2 aromatic carbocycles. The summed E-state index contributed by atoms with van der Waals surface area (Å²) >= 11 is 0. The highest BCUT2D eigenvalue weighted by Crippen LogP contribution is 2.27. The Labute approximate surface area is 142 Å². The SMILES string of the molecule is Cc1ccc(OCc2ccccc2)c(/C(O)=C/C=C2C=CC=C2)c1. The third kappa shape index (κ3) is 4.05. The van der Waals surface area contributed by atoms with Gasteiger partial charge in [-0.15, -0.1) is 0 Å². The van der Waals surface area contributed by atoms with Gasteiger partial charge < -0.3 is 9.84 Å². The number of aliphatic hydroxyl groups is 1. The van der Waals surface area contributed by atoms with Gasteiger partial charge >= 0.3 is 0 Å². The van der Waals surface area contributed by atoms with Crippen molar-refractivity contribution in [3.05, 3.63) is 107 Å². The number of aliphatic hydroxyl groups excluding tert-OH is 1. The van der Waals surface area contributed by atoms with Crippen molar-refractivity contribution >= 4 is 5.76 Å². The van der Waals surface area contributed by atoms with E-state index in [-0.39, 0.29) is 5.76 Å². The van der Waals surface area contributed by atoms with Crippen LogP contribution in [0.4, 0.5) is 0 Å². The average molecular weight is 316 g/mol. The number of allylic oxidation sites excluding steroid dienone is 7. The molecule has 0 aromatic heterocycles. The molecule has 120 valence electrons. The van der Waals surface area contributed by atoms with Gasteiger partial charge in [0.15, 0.2) is 0 Å². The zero-order valence-corrected chi connectivity index (χ0v) is 13.6. The van der Waals surface area contributed by atoms with Crippen molar-refractivity contribution in [2.45, 2.75) is 13.5 Å². The summed E-state index contributed by atoms with van der Waals surface area (Å²) in [6.07, 6.45) is 11.5. The molecular weight excluding hydrogens is 296 g/mol. The van der Waals surface area contributed by atoms with Gasteiger partial charge in [0, 0.05) is 0 Å². The Hall–Kier alpha value is -3.00. The molecule has 0 aliphatic heterocycles. The third-order valence-corrected chi connectivity index (χ3v) is 3.77. The minimum Gasteiger partial charge on any atom is -0.507 e. The predicted molar refractivity (Wildman–Crippen MR) is 98.9 cm³/mol. The van der Waals surface area contributed by atoms with Crippen molar-refractivity contribution in [1.82, 2.24) is 0 Å². The molecule has 0 unspecified atom stereocenters. The molecule has 0 saturated carbocycles. The minimum atomic E-state index is 0.197. The van der Waals surface area contributed by atoms with E-state index < -0.39 is 0 Å². The fourth-order valence-electron chi connectivity index (χ4n) is 2.47. The van der Waals surface area contributed by atoms with Crippen LogP contribution in [0.2, 0.25) is 0 Å². The molecular formula is C22H20O2. The van der Waals surface area contributed by atoms with Crippen molar-refractivity contribution in [2.24, 2.45) is 0 Å². The van der Waals surface area contributed by atoms with Gasteiger partial charge in [0.25, 0.3) is 0 Å². The van der Waals surface area contributed by atoms with Crippen LogP contribution in [0.5, 0.6) is 5.75 Å². The lowest BCUT2D eigenvalue weighted by atomic mass is 10.1. The van der Waals surface area contributed by atoms with Crippen molar-refractivity contribution in [1.29, 1.82) is 0 Å². The summed E-state index contributed by atoms with van der Waals surface area (Å²) < 4.78 is 5.92. The lowest BCUT2D eigenvalue weighted by Crippen LogP contribution is -1.99. The van der Waals surface area contributed by atoms with E-state index in [0.29, 0.717) is 17.9 Å². The van der Waals surface area contributed by atoms with Crippen LogP contribution in [0.15, 0.2) is 90.6 Å². The van der Waals surface area contributed by atoms with Crippen molar-refractivity contribution in [2.75, 3.05) is 0 Å². The first-order valence-corrected chi connectivity index (χ1v) is 7.96. The third-order valence-electron chi connectivity index (χ3n) is 3.77.